The summed E-state index contributed by atoms with van der Waals surface area (Å²) < 4.78 is 0. The average molecular weight is 327 g/mol. The molecule has 22 heavy (non-hydrogen) atoms. The van der Waals surface area contributed by atoms with E-state index in [1.165, 1.54) is 12.8 Å². The molecule has 1 aromatic rings. The van der Waals surface area contributed by atoms with E-state index in [4.69, 9.17) is 11.6 Å². The highest BCUT2D eigenvalue weighted by molar-refractivity contribution is 6.32. The first-order valence-corrected chi connectivity index (χ1v) is 8.09. The van der Waals surface area contributed by atoms with E-state index >= 15 is 0 Å². The number of likely N-dealkylation sites (tertiary alicyclic amines) is 1. The molecule has 6 nitrogen and oxygen atoms in total. The number of aromatic nitrogens is 1. The second kappa shape index (κ2) is 8.92. The fourth-order valence-electron chi connectivity index (χ4n) is 2.69. The predicted octanol–water partition coefficient (Wildman–Crippen LogP) is 2.09. The molecule has 0 unspecified atom stereocenters. The molecule has 1 saturated heterocycles. The minimum Gasteiger partial charge on any atom is -0.395 e. The summed E-state index contributed by atoms with van der Waals surface area (Å²) in [6, 6.07) is 3.41. The van der Waals surface area contributed by atoms with Crippen molar-refractivity contribution >= 4 is 23.3 Å². The zero-order chi connectivity index (χ0) is 15.8. The molecule has 0 aliphatic carbocycles. The van der Waals surface area contributed by atoms with E-state index in [9.17, 15) is 9.90 Å². The third-order valence-corrected chi connectivity index (χ3v) is 4.18. The molecule has 0 saturated carbocycles. The molecule has 0 radical (unpaired) electrons. The number of urea groups is 1. The van der Waals surface area contributed by atoms with Crippen LogP contribution in [0.5, 0.6) is 0 Å². The molecular weight excluding hydrogens is 304 g/mol. The van der Waals surface area contributed by atoms with Gasteiger partial charge in [-0.25, -0.2) is 9.78 Å². The van der Waals surface area contributed by atoms with Gasteiger partial charge in [0.05, 0.1) is 12.3 Å². The van der Waals surface area contributed by atoms with Gasteiger partial charge in [-0.1, -0.05) is 18.0 Å². The summed E-state index contributed by atoms with van der Waals surface area (Å²) in [4.78, 5) is 18.0. The Labute approximate surface area is 135 Å². The molecule has 3 N–H and O–H groups in total. The van der Waals surface area contributed by atoms with Crippen molar-refractivity contribution in [2.24, 2.45) is 0 Å². The van der Waals surface area contributed by atoms with Gasteiger partial charge in [-0.15, -0.1) is 0 Å². The Bertz CT molecular complexity index is 486. The van der Waals surface area contributed by atoms with E-state index in [1.807, 2.05) is 0 Å². The molecule has 122 valence electrons. The first-order valence-electron chi connectivity index (χ1n) is 7.71. The maximum absolute atomic E-state index is 11.8. The molecule has 1 fully saturated rings. The lowest BCUT2D eigenvalue weighted by Gasteiger charge is -2.34. The lowest BCUT2D eigenvalue weighted by Crippen LogP contribution is -2.43. The van der Waals surface area contributed by atoms with Crippen LogP contribution in [0.4, 0.5) is 10.5 Å². The summed E-state index contributed by atoms with van der Waals surface area (Å²) in [5.41, 5.74) is 0.498. The molecule has 2 heterocycles. The van der Waals surface area contributed by atoms with Crippen LogP contribution in [-0.4, -0.2) is 53.3 Å². The maximum Gasteiger partial charge on any atom is 0.319 e. The average Bonchev–Trinajstić information content (AvgIpc) is 2.54. The second-order valence-corrected chi connectivity index (χ2v) is 5.80. The lowest BCUT2D eigenvalue weighted by molar-refractivity contribution is 0.0894. The van der Waals surface area contributed by atoms with Crippen molar-refractivity contribution in [1.82, 2.24) is 15.2 Å². The van der Waals surface area contributed by atoms with Crippen molar-refractivity contribution in [3.63, 3.8) is 0 Å². The van der Waals surface area contributed by atoms with Gasteiger partial charge in [0, 0.05) is 25.3 Å². The SMILES string of the molecule is O=C(NCCCN1CCCC[C@@H]1CO)Nc1cccnc1Cl. The number of nitrogens with zero attached hydrogens (tertiary/aromatic N) is 2. The lowest BCUT2D eigenvalue weighted by atomic mass is 10.0. The van der Waals surface area contributed by atoms with E-state index < -0.39 is 0 Å². The standard InChI is InChI=1S/C15H23ClN4O2/c16-14-13(6-3-7-17-14)19-15(22)18-8-4-10-20-9-2-1-5-12(20)11-21/h3,6-7,12,21H,1-2,4-5,8-11H2,(H2,18,19,22)/t12-/m1/s1. The van der Waals surface area contributed by atoms with Gasteiger partial charge in [0.15, 0.2) is 5.15 Å². The number of halogens is 1. The van der Waals surface area contributed by atoms with Crippen molar-refractivity contribution in [3.05, 3.63) is 23.5 Å². The van der Waals surface area contributed by atoms with Crippen molar-refractivity contribution in [1.29, 1.82) is 0 Å². The van der Waals surface area contributed by atoms with Gasteiger partial charge < -0.3 is 15.7 Å². The molecule has 1 aliphatic rings. The number of pyridine rings is 1. The summed E-state index contributed by atoms with van der Waals surface area (Å²) in [7, 11) is 0. The van der Waals surface area contributed by atoms with Crippen LogP contribution in [-0.2, 0) is 0 Å². The minimum atomic E-state index is -0.285. The summed E-state index contributed by atoms with van der Waals surface area (Å²) in [6.45, 7) is 2.72. The van der Waals surface area contributed by atoms with Crippen LogP contribution in [0.1, 0.15) is 25.7 Å². The maximum atomic E-state index is 11.8. The number of rotatable bonds is 6. The van der Waals surface area contributed by atoms with Gasteiger partial charge in [-0.05, 0) is 37.9 Å². The highest BCUT2D eigenvalue weighted by Gasteiger charge is 2.20. The van der Waals surface area contributed by atoms with Crippen molar-refractivity contribution in [3.8, 4) is 0 Å². The molecule has 2 rings (SSSR count). The first-order chi connectivity index (χ1) is 10.7. The number of hydrogen-bond acceptors (Lipinski definition) is 4. The number of piperidine rings is 1. The van der Waals surface area contributed by atoms with Gasteiger partial charge in [0.25, 0.3) is 0 Å². The summed E-state index contributed by atoms with van der Waals surface area (Å²) in [6.07, 6.45) is 5.86. The Kier molecular flexibility index (Phi) is 6.89. The fraction of sp³-hybridized carbons (Fsp3) is 0.600. The van der Waals surface area contributed by atoms with Crippen LogP contribution >= 0.6 is 11.6 Å². The van der Waals surface area contributed by atoms with Crippen LogP contribution in [0.2, 0.25) is 5.15 Å². The van der Waals surface area contributed by atoms with Crippen molar-refractivity contribution < 1.29 is 9.90 Å². The third-order valence-electron chi connectivity index (χ3n) is 3.87. The molecule has 1 atom stereocenters. The zero-order valence-electron chi connectivity index (χ0n) is 12.6. The molecule has 1 aromatic heterocycles. The molecule has 0 spiro atoms. The minimum absolute atomic E-state index is 0.216. The van der Waals surface area contributed by atoms with Gasteiger partial charge in [-0.2, -0.15) is 0 Å². The molecule has 1 aliphatic heterocycles. The van der Waals surface area contributed by atoms with Crippen molar-refractivity contribution in [2.75, 3.05) is 31.6 Å². The topological polar surface area (TPSA) is 77.5 Å². The highest BCUT2D eigenvalue weighted by Crippen LogP contribution is 2.17. The Morgan fingerprint density at radius 3 is 3.14 bits per heavy atom. The Hall–Kier alpha value is -1.37. The molecule has 0 bridgehead atoms. The highest BCUT2D eigenvalue weighted by atomic mass is 35.5. The van der Waals surface area contributed by atoms with E-state index in [0.29, 0.717) is 12.2 Å². The van der Waals surface area contributed by atoms with E-state index in [-0.39, 0.29) is 23.8 Å². The molecule has 2 amide bonds. The van der Waals surface area contributed by atoms with E-state index in [2.05, 4.69) is 20.5 Å². The van der Waals surface area contributed by atoms with Crippen molar-refractivity contribution in [2.45, 2.75) is 31.7 Å². The molecule has 0 aromatic carbocycles. The number of aliphatic hydroxyl groups is 1. The van der Waals surface area contributed by atoms with Gasteiger partial charge in [-0.3, -0.25) is 4.90 Å². The first kappa shape index (κ1) is 17.0. The number of amides is 2. The van der Waals surface area contributed by atoms with Crippen LogP contribution < -0.4 is 10.6 Å². The monoisotopic (exact) mass is 326 g/mol. The number of carbonyl (C=O) groups excluding carboxylic acids is 1. The number of aliphatic hydroxyl groups excluding tert-OH is 1. The van der Waals surface area contributed by atoms with Crippen LogP contribution in [0.3, 0.4) is 0 Å². The van der Waals surface area contributed by atoms with E-state index in [0.717, 1.165) is 25.9 Å². The second-order valence-electron chi connectivity index (χ2n) is 5.44. The predicted molar refractivity (Wildman–Crippen MR) is 87.2 cm³/mol. The fourth-order valence-corrected chi connectivity index (χ4v) is 2.86. The summed E-state index contributed by atoms with van der Waals surface area (Å²) in [5.74, 6) is 0. The zero-order valence-corrected chi connectivity index (χ0v) is 13.4. The summed E-state index contributed by atoms with van der Waals surface area (Å²) in [5, 5.41) is 15.1. The van der Waals surface area contributed by atoms with Crippen LogP contribution in [0, 0.1) is 0 Å². The largest absolute Gasteiger partial charge is 0.395 e. The van der Waals surface area contributed by atoms with Gasteiger partial charge >= 0.3 is 6.03 Å². The third kappa shape index (κ3) is 5.12. The van der Waals surface area contributed by atoms with Gasteiger partial charge in [0.2, 0.25) is 0 Å². The van der Waals surface area contributed by atoms with Gasteiger partial charge in [0.1, 0.15) is 0 Å². The van der Waals surface area contributed by atoms with Crippen LogP contribution in [0.15, 0.2) is 18.3 Å². The van der Waals surface area contributed by atoms with E-state index in [1.54, 1.807) is 18.3 Å². The number of carbonyl (C=O) groups is 1. The summed E-state index contributed by atoms with van der Waals surface area (Å²) >= 11 is 5.88. The quantitative estimate of drug-likeness (QED) is 0.552. The molecular formula is C15H23ClN4O2. The Morgan fingerprint density at radius 1 is 1.50 bits per heavy atom. The number of hydrogen-bond donors (Lipinski definition) is 3. The molecule has 7 heteroatoms. The number of nitrogens with one attached hydrogen (secondary N) is 2. The van der Waals surface area contributed by atoms with Crippen LogP contribution in [0.25, 0.3) is 0 Å². The Morgan fingerprint density at radius 2 is 2.36 bits per heavy atom. The normalized spacial score (nSPS) is 18.9. The number of anilines is 1. The smallest absolute Gasteiger partial charge is 0.319 e. The Balaban J connectivity index is 1.66.